The van der Waals surface area contributed by atoms with E-state index in [1.807, 2.05) is 24.3 Å². The lowest BCUT2D eigenvalue weighted by atomic mass is 9.94. The summed E-state index contributed by atoms with van der Waals surface area (Å²) in [6.07, 6.45) is -4.33. The fourth-order valence-corrected chi connectivity index (χ4v) is 2.91. The Morgan fingerprint density at radius 2 is 1.88 bits per heavy atom. The number of carbonyl (C=O) groups excluding carboxylic acids is 1. The molecular formula is C17H18F3N5O. The van der Waals surface area contributed by atoms with E-state index >= 15 is 0 Å². The van der Waals surface area contributed by atoms with Gasteiger partial charge in [0.05, 0.1) is 0 Å². The number of amides is 1. The van der Waals surface area contributed by atoms with Crippen LogP contribution in [0.15, 0.2) is 30.3 Å². The van der Waals surface area contributed by atoms with Crippen molar-refractivity contribution in [3.8, 4) is 0 Å². The monoisotopic (exact) mass is 365 g/mol. The van der Waals surface area contributed by atoms with Crippen molar-refractivity contribution < 1.29 is 18.0 Å². The first kappa shape index (κ1) is 18.0. The van der Waals surface area contributed by atoms with Gasteiger partial charge < -0.3 is 15.5 Å². The quantitative estimate of drug-likeness (QED) is 0.900. The van der Waals surface area contributed by atoms with Crippen LogP contribution in [-0.4, -0.2) is 36.0 Å². The summed E-state index contributed by atoms with van der Waals surface area (Å²) in [6, 6.07) is 7.47. The van der Waals surface area contributed by atoms with Gasteiger partial charge in [-0.3, -0.25) is 4.79 Å². The van der Waals surface area contributed by atoms with Crippen LogP contribution in [0.4, 0.5) is 24.9 Å². The van der Waals surface area contributed by atoms with Crippen molar-refractivity contribution in [2.24, 2.45) is 5.73 Å². The lowest BCUT2D eigenvalue weighted by Crippen LogP contribution is -2.49. The topological polar surface area (TPSA) is 75.3 Å². The molecule has 0 spiro atoms. The maximum absolute atomic E-state index is 13.3. The first-order chi connectivity index (χ1) is 12.2. The molecule has 3 rings (SSSR count). The highest BCUT2D eigenvalue weighted by Gasteiger charge is 2.37. The van der Waals surface area contributed by atoms with E-state index < -0.39 is 23.8 Å². The lowest BCUT2D eigenvalue weighted by Gasteiger charge is -2.35. The van der Waals surface area contributed by atoms with E-state index in [2.05, 4.69) is 9.97 Å². The smallest absolute Gasteiger partial charge is 0.368 e. The zero-order valence-corrected chi connectivity index (χ0v) is 14.3. The highest BCUT2D eigenvalue weighted by molar-refractivity contribution is 5.84. The number of fused-ring (bicyclic) bond motifs is 1. The summed E-state index contributed by atoms with van der Waals surface area (Å²) in [7, 11) is 3.17. The molecular weight excluding hydrogens is 347 g/mol. The van der Waals surface area contributed by atoms with Crippen LogP contribution in [0.1, 0.15) is 16.8 Å². The van der Waals surface area contributed by atoms with E-state index in [1.165, 1.54) is 9.80 Å². The molecule has 0 saturated carbocycles. The minimum atomic E-state index is -4.63. The Balaban J connectivity index is 2.11. The van der Waals surface area contributed by atoms with Crippen LogP contribution in [0.5, 0.6) is 0 Å². The molecule has 9 heteroatoms. The van der Waals surface area contributed by atoms with E-state index in [1.54, 1.807) is 14.1 Å². The van der Waals surface area contributed by atoms with Crippen molar-refractivity contribution in [3.05, 3.63) is 47.2 Å². The van der Waals surface area contributed by atoms with Crippen LogP contribution in [0.3, 0.4) is 0 Å². The SMILES string of the molecule is CN(C)c1cc(C(F)(F)F)nc(N2Cc3ccccc3C[C@@H]2C(N)=O)n1. The van der Waals surface area contributed by atoms with Gasteiger partial charge in [-0.15, -0.1) is 0 Å². The number of primary amides is 1. The number of carbonyl (C=O) groups is 1. The Morgan fingerprint density at radius 1 is 1.23 bits per heavy atom. The first-order valence-corrected chi connectivity index (χ1v) is 7.93. The molecule has 2 aromatic rings. The molecule has 2 N–H and O–H groups in total. The Hall–Kier alpha value is -2.84. The Bertz CT molecular complexity index is 837. The van der Waals surface area contributed by atoms with Gasteiger partial charge in [-0.25, -0.2) is 4.98 Å². The Labute approximate surface area is 148 Å². The number of rotatable bonds is 3. The number of benzene rings is 1. The van der Waals surface area contributed by atoms with Crippen LogP contribution < -0.4 is 15.5 Å². The second kappa shape index (κ2) is 6.47. The number of nitrogens with zero attached hydrogens (tertiary/aromatic N) is 4. The minimum Gasteiger partial charge on any atom is -0.368 e. The summed E-state index contributed by atoms with van der Waals surface area (Å²) in [4.78, 5) is 22.7. The van der Waals surface area contributed by atoms with Crippen molar-refractivity contribution in [3.63, 3.8) is 0 Å². The van der Waals surface area contributed by atoms with Gasteiger partial charge in [0.1, 0.15) is 11.9 Å². The molecule has 0 bridgehead atoms. The molecule has 0 radical (unpaired) electrons. The van der Waals surface area contributed by atoms with Crippen molar-refractivity contribution >= 4 is 17.7 Å². The molecule has 26 heavy (non-hydrogen) atoms. The number of anilines is 2. The van der Waals surface area contributed by atoms with Crippen molar-refractivity contribution in [2.75, 3.05) is 23.9 Å². The highest BCUT2D eigenvalue weighted by Crippen LogP contribution is 2.33. The van der Waals surface area contributed by atoms with Gasteiger partial charge in [-0.2, -0.15) is 18.2 Å². The summed E-state index contributed by atoms with van der Waals surface area (Å²) in [5, 5.41) is 0. The third-order valence-corrected chi connectivity index (χ3v) is 4.28. The van der Waals surface area contributed by atoms with E-state index in [0.717, 1.165) is 17.2 Å². The molecule has 1 aromatic heterocycles. The molecule has 6 nitrogen and oxygen atoms in total. The Kier molecular flexibility index (Phi) is 4.47. The largest absolute Gasteiger partial charge is 0.433 e. The highest BCUT2D eigenvalue weighted by atomic mass is 19.4. The van der Waals surface area contributed by atoms with Gasteiger partial charge in [0, 0.05) is 33.1 Å². The fraction of sp³-hybridized carbons (Fsp3) is 0.353. The first-order valence-electron chi connectivity index (χ1n) is 7.93. The maximum atomic E-state index is 13.3. The van der Waals surface area contributed by atoms with Gasteiger partial charge in [0.15, 0.2) is 5.69 Å². The molecule has 0 saturated heterocycles. The van der Waals surface area contributed by atoms with Gasteiger partial charge in [0.25, 0.3) is 0 Å². The second-order valence-electron chi connectivity index (χ2n) is 6.32. The lowest BCUT2D eigenvalue weighted by molar-refractivity contribution is -0.141. The van der Waals surface area contributed by atoms with Gasteiger partial charge >= 0.3 is 6.18 Å². The molecule has 1 amide bonds. The van der Waals surface area contributed by atoms with Crippen molar-refractivity contribution in [1.29, 1.82) is 0 Å². The van der Waals surface area contributed by atoms with Crippen molar-refractivity contribution in [1.82, 2.24) is 9.97 Å². The van der Waals surface area contributed by atoms with E-state index in [-0.39, 0.29) is 18.3 Å². The number of alkyl halides is 3. The van der Waals surface area contributed by atoms with Crippen LogP contribution in [0, 0.1) is 0 Å². The number of hydrogen-bond donors (Lipinski definition) is 1. The predicted octanol–water partition coefficient (Wildman–Crippen LogP) is 1.98. The van der Waals surface area contributed by atoms with Gasteiger partial charge in [-0.05, 0) is 11.1 Å². The number of halogens is 3. The third kappa shape index (κ3) is 3.42. The summed E-state index contributed by atoms with van der Waals surface area (Å²) >= 11 is 0. The maximum Gasteiger partial charge on any atom is 0.433 e. The normalized spacial score (nSPS) is 17.0. The molecule has 2 heterocycles. The van der Waals surface area contributed by atoms with Crippen LogP contribution in [0.2, 0.25) is 0 Å². The average molecular weight is 365 g/mol. The zero-order chi connectivity index (χ0) is 19.1. The van der Waals surface area contributed by atoms with E-state index in [0.29, 0.717) is 6.42 Å². The summed E-state index contributed by atoms with van der Waals surface area (Å²) < 4.78 is 39.8. The molecule has 138 valence electrons. The molecule has 1 atom stereocenters. The van der Waals surface area contributed by atoms with Crippen LogP contribution >= 0.6 is 0 Å². The standard InChI is InChI=1S/C17H18F3N5O/c1-24(2)14-8-13(17(18,19)20)22-16(23-14)25-9-11-6-4-3-5-10(11)7-12(25)15(21)26/h3-6,8,12H,7,9H2,1-2H3,(H2,21,26)/t12-/m1/s1. The fourth-order valence-electron chi connectivity index (χ4n) is 2.91. The van der Waals surface area contributed by atoms with Gasteiger partial charge in [0.2, 0.25) is 11.9 Å². The predicted molar refractivity (Wildman–Crippen MR) is 90.7 cm³/mol. The summed E-state index contributed by atoms with van der Waals surface area (Å²) in [5.74, 6) is -0.696. The number of aromatic nitrogens is 2. The molecule has 0 fully saturated rings. The summed E-state index contributed by atoms with van der Waals surface area (Å²) in [6.45, 7) is 0.206. The molecule has 1 aromatic carbocycles. The number of nitrogens with two attached hydrogens (primary N) is 1. The number of hydrogen-bond acceptors (Lipinski definition) is 5. The molecule has 1 aliphatic rings. The van der Waals surface area contributed by atoms with Crippen LogP contribution in [0.25, 0.3) is 0 Å². The average Bonchev–Trinajstić information content (AvgIpc) is 2.59. The summed E-state index contributed by atoms with van der Waals surface area (Å²) in [5.41, 5.74) is 6.28. The minimum absolute atomic E-state index is 0.101. The second-order valence-corrected chi connectivity index (χ2v) is 6.32. The molecule has 1 aliphatic heterocycles. The molecule has 0 aliphatic carbocycles. The van der Waals surface area contributed by atoms with Crippen LogP contribution in [-0.2, 0) is 23.9 Å². The third-order valence-electron chi connectivity index (χ3n) is 4.28. The van der Waals surface area contributed by atoms with E-state index in [4.69, 9.17) is 5.73 Å². The Morgan fingerprint density at radius 3 is 2.46 bits per heavy atom. The van der Waals surface area contributed by atoms with Gasteiger partial charge in [-0.1, -0.05) is 24.3 Å². The van der Waals surface area contributed by atoms with E-state index in [9.17, 15) is 18.0 Å². The van der Waals surface area contributed by atoms with Crippen molar-refractivity contribution in [2.45, 2.75) is 25.2 Å². The molecule has 0 unspecified atom stereocenters. The zero-order valence-electron chi connectivity index (χ0n) is 14.3.